The minimum absolute atomic E-state index is 0.0506. The lowest BCUT2D eigenvalue weighted by atomic mass is 9.87. The Bertz CT molecular complexity index is 1190. The third-order valence-electron chi connectivity index (χ3n) is 7.75. The molecule has 2 aliphatic rings. The molecule has 1 aromatic carbocycles. The highest BCUT2D eigenvalue weighted by molar-refractivity contribution is 7.17. The number of Topliss-reactive ketones (excluding diaryl/α,β-unsaturated/α-hetero) is 1. The van der Waals surface area contributed by atoms with E-state index >= 15 is 0 Å². The molecule has 0 radical (unpaired) electrons. The normalized spacial score (nSPS) is 21.9. The van der Waals surface area contributed by atoms with Gasteiger partial charge in [0.1, 0.15) is 5.82 Å². The Balaban J connectivity index is 1.40. The van der Waals surface area contributed by atoms with Crippen molar-refractivity contribution in [2.24, 2.45) is 11.8 Å². The predicted molar refractivity (Wildman–Crippen MR) is 155 cm³/mol. The molecule has 2 N–H and O–H groups in total. The minimum Gasteiger partial charge on any atom is -0.340 e. The van der Waals surface area contributed by atoms with Gasteiger partial charge in [-0.1, -0.05) is 23.5 Å². The third kappa shape index (κ3) is 8.31. The Kier molecular flexibility index (Phi) is 10.3. The Morgan fingerprint density at radius 2 is 1.88 bits per heavy atom. The number of carbonyl (C=O) groups is 3. The van der Waals surface area contributed by atoms with E-state index in [9.17, 15) is 18.8 Å². The van der Waals surface area contributed by atoms with Crippen LogP contribution in [0, 0.1) is 24.6 Å². The maximum atomic E-state index is 13.3. The second-order valence-corrected chi connectivity index (χ2v) is 12.4. The van der Waals surface area contributed by atoms with E-state index in [1.807, 2.05) is 36.0 Å². The molecule has 2 aromatic rings. The number of amides is 3. The van der Waals surface area contributed by atoms with Crippen LogP contribution in [-0.2, 0) is 11.2 Å². The van der Waals surface area contributed by atoms with E-state index < -0.39 is 0 Å². The first-order valence-electron chi connectivity index (χ1n) is 14.0. The van der Waals surface area contributed by atoms with Gasteiger partial charge in [-0.25, -0.2) is 14.2 Å². The van der Waals surface area contributed by atoms with E-state index in [2.05, 4.69) is 20.5 Å². The van der Waals surface area contributed by atoms with E-state index in [1.165, 1.54) is 30.4 Å². The van der Waals surface area contributed by atoms with Crippen molar-refractivity contribution >= 4 is 34.2 Å². The average molecular weight is 573 g/mol. The maximum Gasteiger partial charge on any atom is 0.321 e. The standard InChI is InChI=1S/C29H41FN6O3S/c1-19-27(20(2)37)40-29(31-19)33-28(39)32-25-17-36(26(38)18-34(3)4)13-11-23(25)16-35-12-5-6-22(15-35)14-21-7-9-24(30)10-8-21/h7-10,22-23,25H,5-6,11-18H2,1-4H3,(H2,31,32,33,39)/t22?,23-,25-/m0/s1. The molecule has 1 aromatic heterocycles. The average Bonchev–Trinajstić information content (AvgIpc) is 3.26. The minimum atomic E-state index is -0.381. The number of hydrogen-bond donors (Lipinski definition) is 2. The maximum absolute atomic E-state index is 13.3. The molecule has 2 saturated heterocycles. The summed E-state index contributed by atoms with van der Waals surface area (Å²) in [5.41, 5.74) is 1.76. The summed E-state index contributed by atoms with van der Waals surface area (Å²) in [4.78, 5) is 48.8. The van der Waals surface area contributed by atoms with Crippen molar-refractivity contribution in [1.29, 1.82) is 0 Å². The first-order valence-corrected chi connectivity index (χ1v) is 14.8. The molecule has 2 aliphatic heterocycles. The van der Waals surface area contributed by atoms with E-state index in [-0.39, 0.29) is 35.5 Å². The molecule has 1 unspecified atom stereocenters. The molecule has 0 spiro atoms. The number of anilines is 1. The monoisotopic (exact) mass is 572 g/mol. The number of ketones is 1. The number of likely N-dealkylation sites (tertiary alicyclic amines) is 2. The Morgan fingerprint density at radius 1 is 1.12 bits per heavy atom. The lowest BCUT2D eigenvalue weighted by Gasteiger charge is -2.42. The molecule has 3 heterocycles. The summed E-state index contributed by atoms with van der Waals surface area (Å²) in [7, 11) is 3.75. The summed E-state index contributed by atoms with van der Waals surface area (Å²) in [5, 5.41) is 6.30. The fourth-order valence-electron chi connectivity index (χ4n) is 5.83. The van der Waals surface area contributed by atoms with Crippen molar-refractivity contribution < 1.29 is 18.8 Å². The van der Waals surface area contributed by atoms with Gasteiger partial charge in [0.25, 0.3) is 0 Å². The first-order chi connectivity index (χ1) is 19.1. The summed E-state index contributed by atoms with van der Waals surface area (Å²) in [6.07, 6.45) is 3.97. The number of urea groups is 1. The number of hydrogen-bond acceptors (Lipinski definition) is 7. The highest BCUT2D eigenvalue weighted by Gasteiger charge is 2.35. The van der Waals surface area contributed by atoms with E-state index in [4.69, 9.17) is 0 Å². The Labute approximate surface area is 240 Å². The number of nitrogens with zero attached hydrogens (tertiary/aromatic N) is 4. The lowest BCUT2D eigenvalue weighted by molar-refractivity contribution is -0.133. The topological polar surface area (TPSA) is 97.9 Å². The molecule has 3 amide bonds. The molecule has 40 heavy (non-hydrogen) atoms. The van der Waals surface area contributed by atoms with Crippen LogP contribution in [-0.4, -0.2) is 96.8 Å². The van der Waals surface area contributed by atoms with Crippen LogP contribution < -0.4 is 10.6 Å². The van der Waals surface area contributed by atoms with Gasteiger partial charge in [-0.3, -0.25) is 14.9 Å². The van der Waals surface area contributed by atoms with Gasteiger partial charge in [-0.05, 0) is 82.8 Å². The number of rotatable bonds is 9. The van der Waals surface area contributed by atoms with E-state index in [0.29, 0.717) is 41.3 Å². The van der Waals surface area contributed by atoms with Crippen molar-refractivity contribution in [2.75, 3.05) is 58.7 Å². The Morgan fingerprint density at radius 3 is 2.55 bits per heavy atom. The van der Waals surface area contributed by atoms with Gasteiger partial charge in [0, 0.05) is 33.1 Å². The van der Waals surface area contributed by atoms with Crippen molar-refractivity contribution in [3.63, 3.8) is 0 Å². The molecule has 9 nitrogen and oxygen atoms in total. The van der Waals surface area contributed by atoms with Crippen LogP contribution in [0.2, 0.25) is 0 Å². The van der Waals surface area contributed by atoms with Crippen molar-refractivity contribution in [3.8, 4) is 0 Å². The largest absolute Gasteiger partial charge is 0.340 e. The summed E-state index contributed by atoms with van der Waals surface area (Å²) >= 11 is 1.17. The number of halogens is 1. The molecule has 3 atom stereocenters. The van der Waals surface area contributed by atoms with E-state index in [0.717, 1.165) is 50.9 Å². The van der Waals surface area contributed by atoms with Crippen LogP contribution in [0.3, 0.4) is 0 Å². The number of thiazole rings is 1. The van der Waals surface area contributed by atoms with Crippen LogP contribution in [0.1, 0.15) is 47.1 Å². The zero-order valence-corrected chi connectivity index (χ0v) is 24.7. The number of likely N-dealkylation sites (N-methyl/N-ethyl adjacent to an activating group) is 1. The fraction of sp³-hybridized carbons (Fsp3) is 0.586. The van der Waals surface area contributed by atoms with Gasteiger partial charge in [-0.15, -0.1) is 0 Å². The summed E-state index contributed by atoms with van der Waals surface area (Å²) in [6.45, 7) is 7.49. The number of carbonyl (C=O) groups excluding carboxylic acids is 3. The molecule has 0 aliphatic carbocycles. The lowest BCUT2D eigenvalue weighted by Crippen LogP contribution is -2.58. The van der Waals surface area contributed by atoms with Gasteiger partial charge in [0.15, 0.2) is 10.9 Å². The Hall–Kier alpha value is -2.89. The van der Waals surface area contributed by atoms with Gasteiger partial charge in [-0.2, -0.15) is 0 Å². The molecule has 0 bridgehead atoms. The number of aryl methyl sites for hydroxylation is 1. The van der Waals surface area contributed by atoms with E-state index in [1.54, 1.807) is 6.92 Å². The molecule has 0 saturated carbocycles. The molecule has 11 heteroatoms. The highest BCUT2D eigenvalue weighted by Crippen LogP contribution is 2.26. The summed E-state index contributed by atoms with van der Waals surface area (Å²) in [5.74, 6) is 0.444. The molecule has 4 rings (SSSR count). The van der Waals surface area contributed by atoms with Gasteiger partial charge in [0.2, 0.25) is 5.91 Å². The zero-order valence-electron chi connectivity index (χ0n) is 23.9. The molecular formula is C29H41FN6O3S. The van der Waals surface area contributed by atoms with Crippen LogP contribution in [0.15, 0.2) is 24.3 Å². The number of aromatic nitrogens is 1. The van der Waals surface area contributed by atoms with Crippen LogP contribution in [0.4, 0.5) is 14.3 Å². The fourth-order valence-corrected chi connectivity index (χ4v) is 6.68. The number of piperidine rings is 2. The van der Waals surface area contributed by atoms with Crippen molar-refractivity contribution in [2.45, 2.75) is 45.6 Å². The quantitative estimate of drug-likeness (QED) is 0.446. The summed E-state index contributed by atoms with van der Waals surface area (Å²) in [6, 6.07) is 6.19. The highest BCUT2D eigenvalue weighted by atomic mass is 32.1. The third-order valence-corrected chi connectivity index (χ3v) is 8.92. The predicted octanol–water partition coefficient (Wildman–Crippen LogP) is 3.65. The van der Waals surface area contributed by atoms with Crippen molar-refractivity contribution in [1.82, 2.24) is 25.0 Å². The zero-order chi connectivity index (χ0) is 28.8. The van der Waals surface area contributed by atoms with Gasteiger partial charge in [0.05, 0.1) is 23.2 Å². The number of benzene rings is 1. The summed E-state index contributed by atoms with van der Waals surface area (Å²) < 4.78 is 13.3. The molecule has 2 fully saturated rings. The molecule has 218 valence electrons. The second-order valence-electron chi connectivity index (χ2n) is 11.4. The second kappa shape index (κ2) is 13.6. The van der Waals surface area contributed by atoms with Gasteiger partial charge >= 0.3 is 6.03 Å². The first kappa shape index (κ1) is 30.1. The SMILES string of the molecule is CC(=O)c1sc(NC(=O)N[C@H]2CN(C(=O)CN(C)C)CC[C@H]2CN2CCCC(Cc3ccc(F)cc3)C2)nc1C. The smallest absolute Gasteiger partial charge is 0.321 e. The van der Waals surface area contributed by atoms with Crippen LogP contribution in [0.25, 0.3) is 0 Å². The van der Waals surface area contributed by atoms with Crippen LogP contribution in [0.5, 0.6) is 0 Å². The van der Waals surface area contributed by atoms with Crippen molar-refractivity contribution in [3.05, 3.63) is 46.2 Å². The molecular weight excluding hydrogens is 531 g/mol. The van der Waals surface area contributed by atoms with Gasteiger partial charge < -0.3 is 20.0 Å². The van der Waals surface area contributed by atoms with Crippen LogP contribution >= 0.6 is 11.3 Å². The number of nitrogens with one attached hydrogen (secondary N) is 2.